The Labute approximate surface area is 136 Å². The smallest absolute Gasteiger partial charge is 0.370 e. The maximum atomic E-state index is 12.7. The minimum atomic E-state index is -4.36. The second kappa shape index (κ2) is 6.63. The molecular formula is C16H15F3N4O. The highest BCUT2D eigenvalue weighted by Crippen LogP contribution is 2.30. The van der Waals surface area contributed by atoms with Gasteiger partial charge in [0.25, 0.3) is 0 Å². The van der Waals surface area contributed by atoms with Crippen LogP contribution in [0.5, 0.6) is 0 Å². The van der Waals surface area contributed by atoms with E-state index in [4.69, 9.17) is 10.00 Å². The van der Waals surface area contributed by atoms with Crippen LogP contribution in [0.2, 0.25) is 0 Å². The Morgan fingerprint density at radius 2 is 2.17 bits per heavy atom. The topological polar surface area (TPSA) is 62.9 Å². The SMILES string of the molecule is N#Cc1ccn(C2CNCC2OCc2cccc(C(F)(F)F)c2)n1. The lowest BCUT2D eigenvalue weighted by Gasteiger charge is -2.20. The molecular weight excluding hydrogens is 321 g/mol. The Hall–Kier alpha value is -2.37. The van der Waals surface area contributed by atoms with Crippen LogP contribution in [0.15, 0.2) is 36.5 Å². The van der Waals surface area contributed by atoms with Crippen LogP contribution in [0.3, 0.4) is 0 Å². The van der Waals surface area contributed by atoms with E-state index in [0.717, 1.165) is 12.1 Å². The number of alkyl halides is 3. The number of rotatable bonds is 4. The van der Waals surface area contributed by atoms with Crippen molar-refractivity contribution in [3.8, 4) is 6.07 Å². The van der Waals surface area contributed by atoms with Gasteiger partial charge < -0.3 is 10.1 Å². The van der Waals surface area contributed by atoms with E-state index in [2.05, 4.69) is 10.4 Å². The number of nitrogens with zero attached hydrogens (tertiary/aromatic N) is 3. The first kappa shape index (κ1) is 16.5. The van der Waals surface area contributed by atoms with Gasteiger partial charge in [0.2, 0.25) is 0 Å². The summed E-state index contributed by atoms with van der Waals surface area (Å²) in [5.41, 5.74) is 0.0996. The molecule has 8 heteroatoms. The molecule has 2 atom stereocenters. The molecule has 0 spiro atoms. The number of aromatic nitrogens is 2. The summed E-state index contributed by atoms with van der Waals surface area (Å²) in [7, 11) is 0. The normalized spacial score (nSPS) is 20.9. The number of hydrogen-bond donors (Lipinski definition) is 1. The highest BCUT2D eigenvalue weighted by atomic mass is 19.4. The lowest BCUT2D eigenvalue weighted by atomic mass is 10.1. The molecule has 0 radical (unpaired) electrons. The first-order valence-electron chi connectivity index (χ1n) is 7.41. The van der Waals surface area contributed by atoms with E-state index in [1.165, 1.54) is 6.07 Å². The molecule has 0 aliphatic carbocycles. The fourth-order valence-electron chi connectivity index (χ4n) is 2.70. The number of benzene rings is 1. The predicted molar refractivity (Wildman–Crippen MR) is 78.9 cm³/mol. The van der Waals surface area contributed by atoms with Crippen molar-refractivity contribution in [1.29, 1.82) is 5.26 Å². The van der Waals surface area contributed by atoms with E-state index < -0.39 is 11.7 Å². The van der Waals surface area contributed by atoms with Crippen molar-refractivity contribution >= 4 is 0 Å². The van der Waals surface area contributed by atoms with Crippen LogP contribution < -0.4 is 5.32 Å². The first-order chi connectivity index (χ1) is 11.5. The van der Waals surface area contributed by atoms with Gasteiger partial charge in [0.15, 0.2) is 5.69 Å². The summed E-state index contributed by atoms with van der Waals surface area (Å²) in [6.45, 7) is 1.28. The molecule has 0 bridgehead atoms. The van der Waals surface area contributed by atoms with Crippen LogP contribution in [0.1, 0.15) is 22.9 Å². The van der Waals surface area contributed by atoms with Crippen LogP contribution >= 0.6 is 0 Å². The number of hydrogen-bond acceptors (Lipinski definition) is 4. The molecule has 24 heavy (non-hydrogen) atoms. The van der Waals surface area contributed by atoms with Crippen molar-refractivity contribution < 1.29 is 17.9 Å². The molecule has 1 aromatic heterocycles. The highest BCUT2D eigenvalue weighted by Gasteiger charge is 2.32. The Bertz CT molecular complexity index is 750. The minimum absolute atomic E-state index is 0.0825. The van der Waals surface area contributed by atoms with Crippen molar-refractivity contribution in [2.24, 2.45) is 0 Å². The summed E-state index contributed by atoms with van der Waals surface area (Å²) in [5.74, 6) is 0. The zero-order valence-corrected chi connectivity index (χ0v) is 12.6. The van der Waals surface area contributed by atoms with E-state index in [9.17, 15) is 13.2 Å². The second-order valence-corrected chi connectivity index (χ2v) is 5.57. The molecule has 2 heterocycles. The van der Waals surface area contributed by atoms with Gasteiger partial charge in [-0.15, -0.1) is 0 Å². The summed E-state index contributed by atoms with van der Waals surface area (Å²) in [5, 5.41) is 16.2. The molecule has 126 valence electrons. The molecule has 0 saturated carbocycles. The van der Waals surface area contributed by atoms with Crippen LogP contribution in [0, 0.1) is 11.3 Å². The molecule has 5 nitrogen and oxygen atoms in total. The highest BCUT2D eigenvalue weighted by molar-refractivity contribution is 5.25. The van der Waals surface area contributed by atoms with Gasteiger partial charge in [-0.3, -0.25) is 4.68 Å². The maximum Gasteiger partial charge on any atom is 0.416 e. The standard InChI is InChI=1S/C16H15F3N4O/c17-16(18,19)12-3-1-2-11(6-12)10-24-15-9-21-8-14(15)23-5-4-13(7-20)22-23/h1-6,14-15,21H,8-10H2. The quantitative estimate of drug-likeness (QED) is 0.932. The van der Waals surface area contributed by atoms with Crippen molar-refractivity contribution in [3.05, 3.63) is 53.3 Å². The van der Waals surface area contributed by atoms with Gasteiger partial charge in [-0.1, -0.05) is 12.1 Å². The molecule has 2 aromatic rings. The number of ether oxygens (including phenoxy) is 1. The molecule has 1 aliphatic rings. The summed E-state index contributed by atoms with van der Waals surface area (Å²) in [4.78, 5) is 0. The van der Waals surface area contributed by atoms with Gasteiger partial charge in [-0.05, 0) is 23.8 Å². The lowest BCUT2D eigenvalue weighted by molar-refractivity contribution is -0.137. The van der Waals surface area contributed by atoms with Gasteiger partial charge in [0.05, 0.1) is 24.3 Å². The van der Waals surface area contributed by atoms with Gasteiger partial charge in [0.1, 0.15) is 6.07 Å². The van der Waals surface area contributed by atoms with Gasteiger partial charge in [-0.25, -0.2) is 0 Å². The van der Waals surface area contributed by atoms with Crippen molar-refractivity contribution in [2.75, 3.05) is 13.1 Å². The monoisotopic (exact) mass is 336 g/mol. The summed E-state index contributed by atoms with van der Waals surface area (Å²) in [6.07, 6.45) is -2.89. The van der Waals surface area contributed by atoms with E-state index >= 15 is 0 Å². The van der Waals surface area contributed by atoms with E-state index in [1.54, 1.807) is 23.0 Å². The zero-order chi connectivity index (χ0) is 17.2. The fraction of sp³-hybridized carbons (Fsp3) is 0.375. The van der Waals surface area contributed by atoms with E-state index in [1.807, 2.05) is 6.07 Å². The summed E-state index contributed by atoms with van der Waals surface area (Å²) >= 11 is 0. The maximum absolute atomic E-state index is 12.7. The van der Waals surface area contributed by atoms with E-state index in [-0.39, 0.29) is 18.8 Å². The predicted octanol–water partition coefficient (Wildman–Crippen LogP) is 2.50. The molecule has 1 aliphatic heterocycles. The van der Waals surface area contributed by atoms with Crippen molar-refractivity contribution in [3.63, 3.8) is 0 Å². The lowest BCUT2D eigenvalue weighted by Crippen LogP contribution is -2.26. The Balaban J connectivity index is 1.66. The molecule has 1 aromatic carbocycles. The molecule has 0 amide bonds. The van der Waals surface area contributed by atoms with Crippen LogP contribution in [-0.2, 0) is 17.5 Å². The third-order valence-corrected chi connectivity index (χ3v) is 3.91. The minimum Gasteiger partial charge on any atom is -0.370 e. The second-order valence-electron chi connectivity index (χ2n) is 5.57. The van der Waals surface area contributed by atoms with Crippen molar-refractivity contribution in [2.45, 2.75) is 24.9 Å². The molecule has 1 N–H and O–H groups in total. The first-order valence-corrected chi connectivity index (χ1v) is 7.41. The fourth-order valence-corrected chi connectivity index (χ4v) is 2.70. The van der Waals surface area contributed by atoms with Gasteiger partial charge >= 0.3 is 6.18 Å². The molecule has 3 rings (SSSR count). The molecule has 2 unspecified atom stereocenters. The van der Waals surface area contributed by atoms with Crippen LogP contribution in [-0.4, -0.2) is 29.0 Å². The Morgan fingerprint density at radius 1 is 1.33 bits per heavy atom. The van der Waals surface area contributed by atoms with Crippen LogP contribution in [0.4, 0.5) is 13.2 Å². The zero-order valence-electron chi connectivity index (χ0n) is 12.6. The number of nitriles is 1. The largest absolute Gasteiger partial charge is 0.416 e. The molecule has 1 fully saturated rings. The van der Waals surface area contributed by atoms with Crippen LogP contribution in [0.25, 0.3) is 0 Å². The van der Waals surface area contributed by atoms with Gasteiger partial charge in [0, 0.05) is 19.3 Å². The third-order valence-electron chi connectivity index (χ3n) is 3.91. The average Bonchev–Trinajstić information content (AvgIpc) is 3.21. The summed E-state index contributed by atoms with van der Waals surface area (Å²) < 4.78 is 45.7. The Kier molecular flexibility index (Phi) is 4.55. The van der Waals surface area contributed by atoms with Crippen molar-refractivity contribution in [1.82, 2.24) is 15.1 Å². The van der Waals surface area contributed by atoms with Gasteiger partial charge in [-0.2, -0.15) is 23.5 Å². The number of nitrogens with one attached hydrogen (secondary N) is 1. The Morgan fingerprint density at radius 3 is 2.88 bits per heavy atom. The average molecular weight is 336 g/mol. The number of halogens is 3. The third kappa shape index (κ3) is 3.58. The summed E-state index contributed by atoms with van der Waals surface area (Å²) in [6, 6.07) is 8.59. The molecule has 1 saturated heterocycles. The van der Waals surface area contributed by atoms with E-state index in [0.29, 0.717) is 24.3 Å².